The van der Waals surface area contributed by atoms with Gasteiger partial charge in [-0.2, -0.15) is 0 Å². The Kier molecular flexibility index (Phi) is 3.74. The summed E-state index contributed by atoms with van der Waals surface area (Å²) in [6.07, 6.45) is 5.02. The SMILES string of the molecule is CC(C)C(C)C(=O)OC1=COCC=C1. The van der Waals surface area contributed by atoms with Crippen LogP contribution in [0.15, 0.2) is 24.2 Å². The fraction of sp³-hybridized carbons (Fsp3) is 0.545. The maximum Gasteiger partial charge on any atom is 0.314 e. The molecule has 14 heavy (non-hydrogen) atoms. The van der Waals surface area contributed by atoms with Crippen molar-refractivity contribution < 1.29 is 14.3 Å². The minimum atomic E-state index is -0.207. The van der Waals surface area contributed by atoms with Crippen molar-refractivity contribution in [3.05, 3.63) is 24.2 Å². The van der Waals surface area contributed by atoms with Crippen LogP contribution in [-0.4, -0.2) is 12.6 Å². The first-order valence-electron chi connectivity index (χ1n) is 4.81. The second-order valence-electron chi connectivity index (χ2n) is 3.71. The Hall–Kier alpha value is -1.25. The molecule has 3 nitrogen and oxygen atoms in total. The van der Waals surface area contributed by atoms with Gasteiger partial charge in [-0.3, -0.25) is 4.79 Å². The highest BCUT2D eigenvalue weighted by atomic mass is 16.6. The van der Waals surface area contributed by atoms with E-state index in [1.54, 1.807) is 6.08 Å². The molecule has 0 amide bonds. The lowest BCUT2D eigenvalue weighted by atomic mass is 9.99. The van der Waals surface area contributed by atoms with Gasteiger partial charge in [-0.05, 0) is 18.1 Å². The molecule has 1 aliphatic rings. The topological polar surface area (TPSA) is 35.5 Å². The molecule has 1 unspecified atom stereocenters. The maximum absolute atomic E-state index is 11.5. The van der Waals surface area contributed by atoms with Crippen LogP contribution in [0.1, 0.15) is 20.8 Å². The van der Waals surface area contributed by atoms with E-state index in [9.17, 15) is 4.79 Å². The minimum absolute atomic E-state index is 0.0915. The number of ether oxygens (including phenoxy) is 2. The highest BCUT2D eigenvalue weighted by Crippen LogP contribution is 2.15. The Balaban J connectivity index is 2.48. The van der Waals surface area contributed by atoms with Crippen molar-refractivity contribution in [2.45, 2.75) is 20.8 Å². The highest BCUT2D eigenvalue weighted by Gasteiger charge is 2.19. The van der Waals surface area contributed by atoms with Crippen LogP contribution in [-0.2, 0) is 14.3 Å². The van der Waals surface area contributed by atoms with Gasteiger partial charge in [0.2, 0.25) is 0 Å². The molecule has 1 atom stereocenters. The summed E-state index contributed by atoms with van der Waals surface area (Å²) in [5.41, 5.74) is 0. The molecule has 0 saturated heterocycles. The summed E-state index contributed by atoms with van der Waals surface area (Å²) < 4.78 is 10.1. The van der Waals surface area contributed by atoms with Crippen molar-refractivity contribution in [2.75, 3.05) is 6.61 Å². The van der Waals surface area contributed by atoms with Crippen molar-refractivity contribution in [3.63, 3.8) is 0 Å². The van der Waals surface area contributed by atoms with Crippen molar-refractivity contribution in [2.24, 2.45) is 11.8 Å². The average Bonchev–Trinajstić information content (AvgIpc) is 2.18. The van der Waals surface area contributed by atoms with Crippen LogP contribution in [0.25, 0.3) is 0 Å². The van der Waals surface area contributed by atoms with E-state index in [0.717, 1.165) is 0 Å². The molecule has 0 spiro atoms. The zero-order chi connectivity index (χ0) is 10.6. The van der Waals surface area contributed by atoms with Crippen molar-refractivity contribution in [1.82, 2.24) is 0 Å². The predicted molar refractivity (Wildman–Crippen MR) is 53.3 cm³/mol. The van der Waals surface area contributed by atoms with Gasteiger partial charge in [0.25, 0.3) is 0 Å². The summed E-state index contributed by atoms with van der Waals surface area (Å²) in [5, 5.41) is 0. The van der Waals surface area contributed by atoms with E-state index in [0.29, 0.717) is 12.4 Å². The third-order valence-corrected chi connectivity index (χ3v) is 2.26. The molecule has 0 aliphatic carbocycles. The van der Waals surface area contributed by atoms with Crippen LogP contribution in [0.3, 0.4) is 0 Å². The second-order valence-corrected chi connectivity index (χ2v) is 3.71. The Labute approximate surface area is 84.4 Å². The lowest BCUT2D eigenvalue weighted by Crippen LogP contribution is -2.19. The molecule has 3 heteroatoms. The molecule has 0 N–H and O–H groups in total. The number of hydrogen-bond donors (Lipinski definition) is 0. The van der Waals surface area contributed by atoms with Crippen LogP contribution < -0.4 is 0 Å². The summed E-state index contributed by atoms with van der Waals surface area (Å²) in [4.78, 5) is 11.5. The van der Waals surface area contributed by atoms with Gasteiger partial charge in [-0.15, -0.1) is 0 Å². The van der Waals surface area contributed by atoms with Gasteiger partial charge in [-0.1, -0.05) is 20.8 Å². The molecule has 0 saturated carbocycles. The lowest BCUT2D eigenvalue weighted by Gasteiger charge is -2.15. The lowest BCUT2D eigenvalue weighted by molar-refractivity contribution is -0.144. The van der Waals surface area contributed by atoms with Crippen LogP contribution in [0, 0.1) is 11.8 Å². The predicted octanol–water partition coefficient (Wildman–Crippen LogP) is 2.25. The number of hydrogen-bond acceptors (Lipinski definition) is 3. The molecule has 0 fully saturated rings. The summed E-state index contributed by atoms with van der Waals surface area (Å²) in [6, 6.07) is 0. The summed E-state index contributed by atoms with van der Waals surface area (Å²) in [6.45, 7) is 6.39. The van der Waals surface area contributed by atoms with Crippen LogP contribution in [0.4, 0.5) is 0 Å². The Morgan fingerprint density at radius 2 is 2.21 bits per heavy atom. The largest absolute Gasteiger partial charge is 0.493 e. The molecule has 1 aliphatic heterocycles. The summed E-state index contributed by atoms with van der Waals surface area (Å²) >= 11 is 0. The normalized spacial score (nSPS) is 17.3. The third kappa shape index (κ3) is 2.91. The molecule has 0 aromatic heterocycles. The van der Waals surface area contributed by atoms with Gasteiger partial charge in [0, 0.05) is 0 Å². The molecule has 1 heterocycles. The van der Waals surface area contributed by atoms with Crippen molar-refractivity contribution in [1.29, 1.82) is 0 Å². The van der Waals surface area contributed by atoms with Gasteiger partial charge in [0.1, 0.15) is 12.9 Å². The molecular formula is C11H16O3. The number of rotatable bonds is 3. The fourth-order valence-electron chi connectivity index (χ4n) is 0.929. The molecule has 0 radical (unpaired) electrons. The first-order valence-corrected chi connectivity index (χ1v) is 4.81. The van der Waals surface area contributed by atoms with Crippen LogP contribution in [0.2, 0.25) is 0 Å². The second kappa shape index (κ2) is 4.84. The molecule has 78 valence electrons. The third-order valence-electron chi connectivity index (χ3n) is 2.26. The van der Waals surface area contributed by atoms with Crippen LogP contribution in [0.5, 0.6) is 0 Å². The van der Waals surface area contributed by atoms with E-state index < -0.39 is 0 Å². The van der Waals surface area contributed by atoms with E-state index in [4.69, 9.17) is 9.47 Å². The van der Waals surface area contributed by atoms with Gasteiger partial charge in [0.15, 0.2) is 5.76 Å². The van der Waals surface area contributed by atoms with E-state index in [1.807, 2.05) is 26.8 Å². The molecule has 0 aromatic rings. The Morgan fingerprint density at radius 1 is 1.50 bits per heavy atom. The first-order chi connectivity index (χ1) is 6.61. The smallest absolute Gasteiger partial charge is 0.314 e. The van der Waals surface area contributed by atoms with E-state index in [2.05, 4.69) is 0 Å². The molecule has 0 bridgehead atoms. The van der Waals surface area contributed by atoms with Crippen molar-refractivity contribution >= 4 is 5.97 Å². The molecular weight excluding hydrogens is 180 g/mol. The Bertz CT molecular complexity index is 264. The standard InChI is InChI=1S/C11H16O3/c1-8(2)9(3)11(12)14-10-5-4-6-13-7-10/h4-5,7-9H,6H2,1-3H3. The number of esters is 1. The number of carbonyl (C=O) groups is 1. The van der Waals surface area contributed by atoms with E-state index >= 15 is 0 Å². The zero-order valence-electron chi connectivity index (χ0n) is 8.82. The number of carbonyl (C=O) groups excluding carboxylic acids is 1. The monoisotopic (exact) mass is 196 g/mol. The average molecular weight is 196 g/mol. The summed E-state index contributed by atoms with van der Waals surface area (Å²) in [5.74, 6) is 0.470. The molecule has 0 aromatic carbocycles. The zero-order valence-corrected chi connectivity index (χ0v) is 8.82. The quantitative estimate of drug-likeness (QED) is 0.649. The number of allylic oxidation sites excluding steroid dienone is 1. The van der Waals surface area contributed by atoms with Gasteiger partial charge < -0.3 is 9.47 Å². The van der Waals surface area contributed by atoms with Gasteiger partial charge >= 0.3 is 5.97 Å². The van der Waals surface area contributed by atoms with E-state index in [1.165, 1.54) is 6.26 Å². The highest BCUT2D eigenvalue weighted by molar-refractivity contribution is 5.73. The molecule has 1 rings (SSSR count). The summed E-state index contributed by atoms with van der Waals surface area (Å²) in [7, 11) is 0. The Morgan fingerprint density at radius 3 is 2.71 bits per heavy atom. The fourth-order valence-corrected chi connectivity index (χ4v) is 0.929. The minimum Gasteiger partial charge on any atom is -0.493 e. The van der Waals surface area contributed by atoms with E-state index in [-0.39, 0.29) is 17.8 Å². The van der Waals surface area contributed by atoms with Gasteiger partial charge in [-0.25, -0.2) is 0 Å². The van der Waals surface area contributed by atoms with Crippen molar-refractivity contribution in [3.8, 4) is 0 Å². The maximum atomic E-state index is 11.5. The van der Waals surface area contributed by atoms with Gasteiger partial charge in [0.05, 0.1) is 5.92 Å². The first kappa shape index (κ1) is 10.8. The van der Waals surface area contributed by atoms with Crippen LogP contribution >= 0.6 is 0 Å².